The van der Waals surface area contributed by atoms with Gasteiger partial charge in [-0.15, -0.1) is 0 Å². The third kappa shape index (κ3) is 4.32. The minimum absolute atomic E-state index is 0.0215. The summed E-state index contributed by atoms with van der Waals surface area (Å²) in [6.07, 6.45) is 3.18. The van der Waals surface area contributed by atoms with Gasteiger partial charge in [0.05, 0.1) is 17.2 Å². The molecule has 5 heteroatoms. The third-order valence-corrected chi connectivity index (χ3v) is 4.16. The van der Waals surface area contributed by atoms with Gasteiger partial charge in [0.15, 0.2) is 0 Å². The van der Waals surface area contributed by atoms with Gasteiger partial charge >= 0.3 is 0 Å². The number of amides is 1. The molecule has 0 aliphatic rings. The Balaban J connectivity index is 1.59. The highest BCUT2D eigenvalue weighted by molar-refractivity contribution is 5.78. The molecule has 0 bridgehead atoms. The standard InChI is InChI=1S/C20H21N3O2/c1-15(11-12-16-7-3-2-4-8-16)22-19(24)13-23-14-21-18-10-6-5-9-17(18)20(23)25/h2-10,14-15H,11-13H2,1H3,(H,22,24)/t15-/m1/s1. The zero-order chi connectivity index (χ0) is 17.6. The van der Waals surface area contributed by atoms with Crippen molar-refractivity contribution in [3.8, 4) is 0 Å². The number of carbonyl (C=O) groups is 1. The number of benzene rings is 2. The molecular formula is C20H21N3O2. The van der Waals surface area contributed by atoms with Gasteiger partial charge in [-0.1, -0.05) is 42.5 Å². The number of nitrogens with zero attached hydrogens (tertiary/aromatic N) is 2. The minimum Gasteiger partial charge on any atom is -0.352 e. The first-order valence-corrected chi connectivity index (χ1v) is 8.41. The van der Waals surface area contributed by atoms with E-state index in [1.807, 2.05) is 31.2 Å². The number of aromatic nitrogens is 2. The van der Waals surface area contributed by atoms with E-state index in [9.17, 15) is 9.59 Å². The van der Waals surface area contributed by atoms with E-state index in [0.29, 0.717) is 10.9 Å². The van der Waals surface area contributed by atoms with Crippen molar-refractivity contribution in [2.45, 2.75) is 32.4 Å². The van der Waals surface area contributed by atoms with Crippen LogP contribution in [0.4, 0.5) is 0 Å². The zero-order valence-corrected chi connectivity index (χ0v) is 14.2. The van der Waals surface area contributed by atoms with Crippen molar-refractivity contribution in [1.29, 1.82) is 0 Å². The first-order valence-electron chi connectivity index (χ1n) is 8.41. The van der Waals surface area contributed by atoms with Crippen LogP contribution in [0, 0.1) is 0 Å². The van der Waals surface area contributed by atoms with E-state index in [0.717, 1.165) is 12.8 Å². The lowest BCUT2D eigenvalue weighted by Gasteiger charge is -2.14. The van der Waals surface area contributed by atoms with Crippen LogP contribution >= 0.6 is 0 Å². The van der Waals surface area contributed by atoms with Gasteiger partial charge in [-0.25, -0.2) is 4.98 Å². The molecule has 1 N–H and O–H groups in total. The van der Waals surface area contributed by atoms with Gasteiger partial charge in [0.1, 0.15) is 6.54 Å². The summed E-state index contributed by atoms with van der Waals surface area (Å²) in [6, 6.07) is 17.3. The van der Waals surface area contributed by atoms with Crippen LogP contribution in [-0.2, 0) is 17.8 Å². The topological polar surface area (TPSA) is 64.0 Å². The van der Waals surface area contributed by atoms with Gasteiger partial charge in [-0.2, -0.15) is 0 Å². The lowest BCUT2D eigenvalue weighted by atomic mass is 10.1. The normalized spacial score (nSPS) is 12.0. The molecule has 25 heavy (non-hydrogen) atoms. The Morgan fingerprint density at radius 1 is 1.12 bits per heavy atom. The fourth-order valence-electron chi connectivity index (χ4n) is 2.79. The number of carbonyl (C=O) groups excluding carboxylic acids is 1. The number of rotatable bonds is 6. The molecule has 1 amide bonds. The maximum atomic E-state index is 12.4. The summed E-state index contributed by atoms with van der Waals surface area (Å²) >= 11 is 0. The van der Waals surface area contributed by atoms with Crippen molar-refractivity contribution >= 4 is 16.8 Å². The summed E-state index contributed by atoms with van der Waals surface area (Å²) in [6.45, 7) is 1.95. The largest absolute Gasteiger partial charge is 0.352 e. The molecule has 128 valence electrons. The molecule has 1 atom stereocenters. The fourth-order valence-corrected chi connectivity index (χ4v) is 2.79. The van der Waals surface area contributed by atoms with E-state index in [4.69, 9.17) is 0 Å². The Bertz CT molecular complexity index is 919. The van der Waals surface area contributed by atoms with E-state index in [1.54, 1.807) is 18.2 Å². The van der Waals surface area contributed by atoms with E-state index in [2.05, 4.69) is 22.4 Å². The highest BCUT2D eigenvalue weighted by atomic mass is 16.2. The molecule has 0 aliphatic carbocycles. The second kappa shape index (κ2) is 7.75. The highest BCUT2D eigenvalue weighted by Crippen LogP contribution is 2.06. The SMILES string of the molecule is C[C@H](CCc1ccccc1)NC(=O)Cn1cnc2ccccc2c1=O. The molecule has 1 heterocycles. The van der Waals surface area contributed by atoms with E-state index in [-0.39, 0.29) is 24.1 Å². The quantitative estimate of drug-likeness (QED) is 0.753. The van der Waals surface area contributed by atoms with Crippen LogP contribution in [-0.4, -0.2) is 21.5 Å². The monoisotopic (exact) mass is 335 g/mol. The Morgan fingerprint density at radius 3 is 2.64 bits per heavy atom. The minimum atomic E-state index is -0.197. The first kappa shape index (κ1) is 16.9. The molecular weight excluding hydrogens is 314 g/mol. The second-order valence-electron chi connectivity index (χ2n) is 6.19. The van der Waals surface area contributed by atoms with Gasteiger partial charge in [0.25, 0.3) is 5.56 Å². The molecule has 0 radical (unpaired) electrons. The van der Waals surface area contributed by atoms with Crippen molar-refractivity contribution in [2.24, 2.45) is 0 Å². The highest BCUT2D eigenvalue weighted by Gasteiger charge is 2.10. The number of nitrogens with one attached hydrogen (secondary N) is 1. The number of aryl methyl sites for hydroxylation is 1. The molecule has 3 rings (SSSR count). The molecule has 0 spiro atoms. The molecule has 0 saturated heterocycles. The van der Waals surface area contributed by atoms with E-state index in [1.165, 1.54) is 16.5 Å². The average molecular weight is 335 g/mol. The van der Waals surface area contributed by atoms with Crippen LogP contribution in [0.15, 0.2) is 65.7 Å². The van der Waals surface area contributed by atoms with E-state index < -0.39 is 0 Å². The van der Waals surface area contributed by atoms with Gasteiger partial charge < -0.3 is 5.32 Å². The van der Waals surface area contributed by atoms with Crippen LogP contribution in [0.3, 0.4) is 0 Å². The molecule has 0 aliphatic heterocycles. The average Bonchev–Trinajstić information content (AvgIpc) is 2.63. The Hall–Kier alpha value is -2.95. The number of hydrogen-bond donors (Lipinski definition) is 1. The van der Waals surface area contributed by atoms with Gasteiger partial charge in [0.2, 0.25) is 5.91 Å². The molecule has 0 saturated carbocycles. The summed E-state index contributed by atoms with van der Waals surface area (Å²) < 4.78 is 1.35. The third-order valence-electron chi connectivity index (χ3n) is 4.16. The summed E-state index contributed by atoms with van der Waals surface area (Å²) in [5.41, 5.74) is 1.69. The number of fused-ring (bicyclic) bond motifs is 1. The second-order valence-corrected chi connectivity index (χ2v) is 6.19. The van der Waals surface area contributed by atoms with E-state index >= 15 is 0 Å². The predicted molar refractivity (Wildman–Crippen MR) is 98.4 cm³/mol. The van der Waals surface area contributed by atoms with Crippen LogP contribution in [0.2, 0.25) is 0 Å². The molecule has 3 aromatic rings. The van der Waals surface area contributed by atoms with Gasteiger partial charge in [0, 0.05) is 6.04 Å². The van der Waals surface area contributed by atoms with Gasteiger partial charge in [-0.3, -0.25) is 14.2 Å². The summed E-state index contributed by atoms with van der Waals surface area (Å²) in [5.74, 6) is -0.181. The fraction of sp³-hybridized carbons (Fsp3) is 0.250. The summed E-state index contributed by atoms with van der Waals surface area (Å²) in [4.78, 5) is 28.9. The summed E-state index contributed by atoms with van der Waals surface area (Å²) in [5, 5.41) is 3.47. The van der Waals surface area contributed by atoms with Crippen molar-refractivity contribution in [2.75, 3.05) is 0 Å². The smallest absolute Gasteiger partial charge is 0.261 e. The van der Waals surface area contributed by atoms with Crippen LogP contribution in [0.5, 0.6) is 0 Å². The lowest BCUT2D eigenvalue weighted by Crippen LogP contribution is -2.37. The molecule has 1 aromatic heterocycles. The maximum Gasteiger partial charge on any atom is 0.261 e. The number of para-hydroxylation sites is 1. The van der Waals surface area contributed by atoms with Crippen molar-refractivity contribution in [3.63, 3.8) is 0 Å². The van der Waals surface area contributed by atoms with Crippen molar-refractivity contribution < 1.29 is 4.79 Å². The maximum absolute atomic E-state index is 12.4. The Labute approximate surface area is 146 Å². The van der Waals surface area contributed by atoms with Crippen LogP contribution in [0.25, 0.3) is 10.9 Å². The Kier molecular flexibility index (Phi) is 5.23. The van der Waals surface area contributed by atoms with Crippen LogP contribution in [0.1, 0.15) is 18.9 Å². The zero-order valence-electron chi connectivity index (χ0n) is 14.2. The van der Waals surface area contributed by atoms with Gasteiger partial charge in [-0.05, 0) is 37.5 Å². The molecule has 5 nitrogen and oxygen atoms in total. The van der Waals surface area contributed by atoms with Crippen molar-refractivity contribution in [1.82, 2.24) is 14.9 Å². The summed E-state index contributed by atoms with van der Waals surface area (Å²) in [7, 11) is 0. The lowest BCUT2D eigenvalue weighted by molar-refractivity contribution is -0.122. The molecule has 0 fully saturated rings. The first-order chi connectivity index (χ1) is 12.1. The molecule has 0 unspecified atom stereocenters. The van der Waals surface area contributed by atoms with Crippen LogP contribution < -0.4 is 10.9 Å². The number of hydrogen-bond acceptors (Lipinski definition) is 3. The predicted octanol–water partition coefficient (Wildman–Crippen LogP) is 2.53. The molecule has 2 aromatic carbocycles. The Morgan fingerprint density at radius 2 is 1.84 bits per heavy atom. The van der Waals surface area contributed by atoms with Crippen molar-refractivity contribution in [3.05, 3.63) is 76.8 Å².